The number of ether oxygens (including phenoxy) is 4. The van der Waals surface area contributed by atoms with Crippen molar-refractivity contribution in [3.05, 3.63) is 60.2 Å². The van der Waals surface area contributed by atoms with Crippen LogP contribution in [0.3, 0.4) is 0 Å². The largest absolute Gasteiger partial charge is 0.490 e. The van der Waals surface area contributed by atoms with E-state index >= 15 is 0 Å². The van der Waals surface area contributed by atoms with E-state index in [9.17, 15) is 4.79 Å². The second-order valence-corrected chi connectivity index (χ2v) is 9.89. The molecule has 0 radical (unpaired) electrons. The zero-order chi connectivity index (χ0) is 24.1. The molecule has 1 aliphatic rings. The van der Waals surface area contributed by atoms with E-state index in [0.717, 1.165) is 23.5 Å². The Balaban J connectivity index is 1.64. The highest BCUT2D eigenvalue weighted by Crippen LogP contribution is 2.33. The third-order valence-electron chi connectivity index (χ3n) is 5.51. The maximum Gasteiger partial charge on any atom is 0.412 e. The van der Waals surface area contributed by atoms with Crippen LogP contribution in [-0.2, 0) is 16.1 Å². The van der Waals surface area contributed by atoms with Crippen LogP contribution in [0.1, 0.15) is 59.9 Å². The van der Waals surface area contributed by atoms with E-state index in [1.807, 2.05) is 89.2 Å². The summed E-state index contributed by atoms with van der Waals surface area (Å²) in [5.74, 6) is 1.50. The van der Waals surface area contributed by atoms with Crippen molar-refractivity contribution in [3.8, 4) is 11.5 Å². The highest BCUT2D eigenvalue weighted by atomic mass is 16.6. The van der Waals surface area contributed by atoms with Gasteiger partial charge in [0.15, 0.2) is 0 Å². The third-order valence-corrected chi connectivity index (χ3v) is 5.51. The van der Waals surface area contributed by atoms with Gasteiger partial charge in [-0.1, -0.05) is 43.3 Å². The number of hydrogen-bond acceptors (Lipinski definition) is 5. The highest BCUT2D eigenvalue weighted by molar-refractivity contribution is 5.69. The van der Waals surface area contributed by atoms with Crippen molar-refractivity contribution >= 4 is 6.09 Å². The van der Waals surface area contributed by atoms with Crippen molar-refractivity contribution < 1.29 is 23.7 Å². The molecule has 2 aromatic carbocycles. The molecule has 2 aromatic rings. The van der Waals surface area contributed by atoms with E-state index in [1.54, 1.807) is 4.90 Å². The Kier molecular flexibility index (Phi) is 7.90. The quantitative estimate of drug-likeness (QED) is 0.475. The van der Waals surface area contributed by atoms with Crippen molar-refractivity contribution in [1.82, 2.24) is 4.90 Å². The molecule has 2 atom stereocenters. The summed E-state index contributed by atoms with van der Waals surface area (Å²) >= 11 is 0. The summed E-state index contributed by atoms with van der Waals surface area (Å²) in [4.78, 5) is 14.6. The Morgan fingerprint density at radius 3 is 2.48 bits per heavy atom. The number of carbonyl (C=O) groups excluding carboxylic acids is 1. The van der Waals surface area contributed by atoms with Gasteiger partial charge in [-0.15, -0.1) is 0 Å². The van der Waals surface area contributed by atoms with E-state index < -0.39 is 11.3 Å². The Hall–Kier alpha value is -2.73. The standard InChI is InChI=1S/C27H37NO5/c1-7-22(16-21-19-31-27(5,6)28(21)25(29)33-26(2,3)4)32-24-15-11-14-23(17-24)30-18-20-12-9-8-10-13-20/h8-15,17,21-22H,7,16,18-19H2,1-6H3/t21-,22?/m0/s1. The summed E-state index contributed by atoms with van der Waals surface area (Å²) in [7, 11) is 0. The molecule has 0 N–H and O–H groups in total. The smallest absolute Gasteiger partial charge is 0.412 e. The number of benzene rings is 2. The van der Waals surface area contributed by atoms with Crippen LogP contribution < -0.4 is 9.47 Å². The highest BCUT2D eigenvalue weighted by Gasteiger charge is 2.46. The van der Waals surface area contributed by atoms with Gasteiger partial charge in [0, 0.05) is 12.5 Å². The molecule has 0 bridgehead atoms. The van der Waals surface area contributed by atoms with Crippen molar-refractivity contribution in [3.63, 3.8) is 0 Å². The normalized spacial score (nSPS) is 18.6. The molecular formula is C27H37NO5. The minimum absolute atomic E-state index is 0.0817. The molecule has 0 saturated carbocycles. The lowest BCUT2D eigenvalue weighted by Gasteiger charge is -2.36. The van der Waals surface area contributed by atoms with Crippen molar-refractivity contribution in [2.75, 3.05) is 6.61 Å². The second kappa shape index (κ2) is 10.5. The first-order chi connectivity index (χ1) is 15.6. The summed E-state index contributed by atoms with van der Waals surface area (Å²) in [5.41, 5.74) is -0.182. The Bertz CT molecular complexity index is 906. The molecular weight excluding hydrogens is 418 g/mol. The topological polar surface area (TPSA) is 57.2 Å². The first-order valence-corrected chi connectivity index (χ1v) is 11.7. The van der Waals surface area contributed by atoms with Gasteiger partial charge in [0.2, 0.25) is 0 Å². The molecule has 1 amide bonds. The van der Waals surface area contributed by atoms with E-state index in [1.165, 1.54) is 0 Å². The number of hydrogen-bond donors (Lipinski definition) is 0. The minimum Gasteiger partial charge on any atom is -0.490 e. The molecule has 3 rings (SSSR count). The first-order valence-electron chi connectivity index (χ1n) is 11.7. The van der Waals surface area contributed by atoms with Crippen LogP contribution in [0.5, 0.6) is 11.5 Å². The third kappa shape index (κ3) is 7.13. The van der Waals surface area contributed by atoms with Crippen LogP contribution in [0.25, 0.3) is 0 Å². The number of carbonyl (C=O) groups is 1. The maximum absolute atomic E-state index is 12.9. The monoisotopic (exact) mass is 455 g/mol. The summed E-state index contributed by atoms with van der Waals surface area (Å²) < 4.78 is 23.8. The average Bonchev–Trinajstić information content (AvgIpc) is 3.05. The molecule has 6 heteroatoms. The van der Waals surface area contributed by atoms with Crippen molar-refractivity contribution in [1.29, 1.82) is 0 Å². The van der Waals surface area contributed by atoms with Gasteiger partial charge in [-0.05, 0) is 58.7 Å². The zero-order valence-electron chi connectivity index (χ0n) is 20.7. The molecule has 0 aromatic heterocycles. The van der Waals surface area contributed by atoms with Gasteiger partial charge in [-0.3, -0.25) is 4.90 Å². The van der Waals surface area contributed by atoms with E-state index in [2.05, 4.69) is 6.92 Å². The molecule has 6 nitrogen and oxygen atoms in total. The molecule has 0 spiro atoms. The first kappa shape index (κ1) is 24.9. The Morgan fingerprint density at radius 2 is 1.82 bits per heavy atom. The fourth-order valence-electron chi connectivity index (χ4n) is 3.91. The second-order valence-electron chi connectivity index (χ2n) is 9.89. The SMILES string of the molecule is CCC(C[C@H]1COC(C)(C)N1C(=O)OC(C)(C)C)Oc1cccc(OCc2ccccc2)c1. The predicted molar refractivity (Wildman–Crippen MR) is 128 cm³/mol. The molecule has 1 fully saturated rings. The van der Waals surface area contributed by atoms with Crippen LogP contribution in [0.4, 0.5) is 4.79 Å². The number of rotatable bonds is 8. The predicted octanol–water partition coefficient (Wildman–Crippen LogP) is 6.19. The van der Waals surface area contributed by atoms with Crippen LogP contribution >= 0.6 is 0 Å². The van der Waals surface area contributed by atoms with Gasteiger partial charge >= 0.3 is 6.09 Å². The van der Waals surface area contributed by atoms with Crippen LogP contribution in [0.15, 0.2) is 54.6 Å². The van der Waals surface area contributed by atoms with Crippen molar-refractivity contribution in [2.45, 2.75) is 84.5 Å². The van der Waals surface area contributed by atoms with Gasteiger partial charge in [0.25, 0.3) is 0 Å². The molecule has 180 valence electrons. The lowest BCUT2D eigenvalue weighted by atomic mass is 10.1. The molecule has 1 heterocycles. The number of nitrogens with zero attached hydrogens (tertiary/aromatic N) is 1. The van der Waals surface area contributed by atoms with E-state index in [4.69, 9.17) is 18.9 Å². The summed E-state index contributed by atoms with van der Waals surface area (Å²) in [5, 5.41) is 0. The molecule has 1 saturated heterocycles. The van der Waals surface area contributed by atoms with Gasteiger partial charge < -0.3 is 18.9 Å². The van der Waals surface area contributed by atoms with E-state index in [-0.39, 0.29) is 18.2 Å². The lowest BCUT2D eigenvalue weighted by Crippen LogP contribution is -2.50. The molecule has 0 aliphatic carbocycles. The Labute approximate surface area is 197 Å². The van der Waals surface area contributed by atoms with Crippen LogP contribution in [0.2, 0.25) is 0 Å². The summed E-state index contributed by atoms with van der Waals surface area (Å²) in [6.07, 6.45) is 1.01. The van der Waals surface area contributed by atoms with Crippen molar-refractivity contribution in [2.24, 2.45) is 0 Å². The van der Waals surface area contributed by atoms with Gasteiger partial charge in [-0.25, -0.2) is 4.79 Å². The summed E-state index contributed by atoms with van der Waals surface area (Å²) in [6.45, 7) is 12.4. The van der Waals surface area contributed by atoms with E-state index in [0.29, 0.717) is 19.6 Å². The summed E-state index contributed by atoms with van der Waals surface area (Å²) in [6, 6.07) is 17.6. The fourth-order valence-corrected chi connectivity index (χ4v) is 3.91. The van der Waals surface area contributed by atoms with Gasteiger partial charge in [0.1, 0.15) is 35.5 Å². The lowest BCUT2D eigenvalue weighted by molar-refractivity contribution is -0.0635. The molecule has 1 aliphatic heterocycles. The number of amides is 1. The minimum atomic E-state index is -0.726. The van der Waals surface area contributed by atoms with Crippen LogP contribution in [-0.4, -0.2) is 41.1 Å². The molecule has 33 heavy (non-hydrogen) atoms. The average molecular weight is 456 g/mol. The van der Waals surface area contributed by atoms with Crippen LogP contribution in [0, 0.1) is 0 Å². The zero-order valence-corrected chi connectivity index (χ0v) is 20.7. The Morgan fingerprint density at radius 1 is 1.12 bits per heavy atom. The van der Waals surface area contributed by atoms with Gasteiger partial charge in [0.05, 0.1) is 12.6 Å². The maximum atomic E-state index is 12.9. The van der Waals surface area contributed by atoms with Gasteiger partial charge in [-0.2, -0.15) is 0 Å². The molecule has 1 unspecified atom stereocenters. The fraction of sp³-hybridized carbons (Fsp3) is 0.519.